The van der Waals surface area contributed by atoms with Gasteiger partial charge in [-0.2, -0.15) is 0 Å². The quantitative estimate of drug-likeness (QED) is 0.171. The van der Waals surface area contributed by atoms with E-state index in [1.54, 1.807) is 0 Å². The molecule has 0 fully saturated rings. The Hall–Kier alpha value is -0.453. The Morgan fingerprint density at radius 3 is 0.400 bits per heavy atom. The zero-order chi connectivity index (χ0) is 15.5. The standard InChI is InChI=1S/3C2H2O4.2Pr/c3*3-1(4)2(5)6;;/h3*(H,3,4)(H,5,6);;. The van der Waals surface area contributed by atoms with Gasteiger partial charge in [-0.05, 0) is 0 Å². The number of rotatable bonds is 0. The molecule has 0 spiro atoms. The number of aliphatic carboxylic acids is 6. The normalized spacial score (nSPS) is 6.60. The van der Waals surface area contributed by atoms with Gasteiger partial charge in [0, 0.05) is 82.6 Å². The van der Waals surface area contributed by atoms with Gasteiger partial charge in [-0.25, -0.2) is 28.8 Å². The molecule has 0 bridgehead atoms. The molecule has 0 aliphatic heterocycles. The molecule has 0 saturated carbocycles. The maximum atomic E-state index is 9.10. The second-order valence-electron chi connectivity index (χ2n) is 1.83. The van der Waals surface area contributed by atoms with Crippen molar-refractivity contribution < 1.29 is 142 Å². The Balaban J connectivity index is -0.0000000536. The summed E-state index contributed by atoms with van der Waals surface area (Å²) in [4.78, 5) is 54.6. The van der Waals surface area contributed by atoms with Crippen LogP contribution < -0.4 is 0 Å². The van der Waals surface area contributed by atoms with E-state index >= 15 is 0 Å². The molecular weight excluding hydrogens is 546 g/mol. The summed E-state index contributed by atoms with van der Waals surface area (Å²) in [6, 6.07) is 0. The van der Waals surface area contributed by atoms with Crippen LogP contribution in [0.4, 0.5) is 0 Å². The van der Waals surface area contributed by atoms with Crippen molar-refractivity contribution >= 4 is 35.8 Å². The van der Waals surface area contributed by atoms with Crippen LogP contribution in [0.2, 0.25) is 0 Å². The molecule has 0 atom stereocenters. The van der Waals surface area contributed by atoms with Crippen LogP contribution in [0.15, 0.2) is 0 Å². The molecular formula is C6H6O12Pr2. The van der Waals surface area contributed by atoms with E-state index in [-0.39, 0.29) is 82.6 Å². The number of carbonyl (C=O) groups is 6. The molecule has 6 N–H and O–H groups in total. The Kier molecular flexibility index (Phi) is 29.5. The summed E-state index contributed by atoms with van der Waals surface area (Å²) in [5, 5.41) is 44.3. The smallest absolute Gasteiger partial charge is 0.414 e. The number of hydrogen-bond acceptors (Lipinski definition) is 6. The van der Waals surface area contributed by atoms with Crippen molar-refractivity contribution in [1.29, 1.82) is 0 Å². The Morgan fingerprint density at radius 2 is 0.400 bits per heavy atom. The minimum absolute atomic E-state index is 0. The number of hydrogen-bond donors (Lipinski definition) is 6. The fourth-order valence-corrected chi connectivity index (χ4v) is 0. The zero-order valence-corrected chi connectivity index (χ0v) is 16.7. The van der Waals surface area contributed by atoms with E-state index in [2.05, 4.69) is 0 Å². The Morgan fingerprint density at radius 1 is 0.350 bits per heavy atom. The van der Waals surface area contributed by atoms with Crippen molar-refractivity contribution in [3.8, 4) is 0 Å². The molecule has 12 nitrogen and oxygen atoms in total. The van der Waals surface area contributed by atoms with Crippen molar-refractivity contribution in [2.75, 3.05) is 0 Å². The number of carboxylic acid groups (broad SMARTS) is 6. The largest absolute Gasteiger partial charge is 0.473 e. The van der Waals surface area contributed by atoms with Crippen LogP contribution in [0.3, 0.4) is 0 Å². The summed E-state index contributed by atoms with van der Waals surface area (Å²) in [6.45, 7) is 0. The van der Waals surface area contributed by atoms with Crippen LogP contribution in [-0.4, -0.2) is 66.5 Å². The Labute approximate surface area is 175 Å². The topological polar surface area (TPSA) is 224 Å². The van der Waals surface area contributed by atoms with Gasteiger partial charge in [0.1, 0.15) is 0 Å². The van der Waals surface area contributed by atoms with Crippen LogP contribution in [0.25, 0.3) is 0 Å². The van der Waals surface area contributed by atoms with E-state index in [4.69, 9.17) is 59.4 Å². The molecule has 20 heavy (non-hydrogen) atoms. The molecule has 0 aromatic heterocycles. The molecule has 0 amide bonds. The SMILES string of the molecule is O=C(O)C(=O)O.O=C(O)C(=O)O.O=C(O)C(=O)O.[Pr].[Pr]. The van der Waals surface area contributed by atoms with E-state index < -0.39 is 35.8 Å². The summed E-state index contributed by atoms with van der Waals surface area (Å²) in [5.74, 6) is -10.9. The molecule has 0 heterocycles. The predicted molar refractivity (Wildman–Crippen MR) is 45.8 cm³/mol. The van der Waals surface area contributed by atoms with Gasteiger partial charge in [0.2, 0.25) is 0 Å². The summed E-state index contributed by atoms with van der Waals surface area (Å²) in [5.41, 5.74) is 0. The molecule has 0 aliphatic carbocycles. The molecule has 0 aliphatic rings. The van der Waals surface area contributed by atoms with Crippen molar-refractivity contribution in [1.82, 2.24) is 0 Å². The van der Waals surface area contributed by atoms with Crippen LogP contribution in [0.1, 0.15) is 0 Å². The van der Waals surface area contributed by atoms with Crippen LogP contribution in [0, 0.1) is 82.6 Å². The maximum Gasteiger partial charge on any atom is 0.414 e. The van der Waals surface area contributed by atoms with Crippen molar-refractivity contribution in [2.45, 2.75) is 0 Å². The molecule has 0 unspecified atom stereocenters. The maximum absolute atomic E-state index is 9.10. The van der Waals surface area contributed by atoms with Gasteiger partial charge >= 0.3 is 35.8 Å². The third-order valence-corrected chi connectivity index (χ3v) is 0.549. The van der Waals surface area contributed by atoms with Gasteiger partial charge in [0.25, 0.3) is 0 Å². The summed E-state index contributed by atoms with van der Waals surface area (Å²) in [7, 11) is 0. The second kappa shape index (κ2) is 18.5. The Bertz CT molecular complexity index is 281. The molecule has 0 saturated heterocycles. The first-order valence-electron chi connectivity index (χ1n) is 3.32. The molecule has 2 radical (unpaired) electrons. The van der Waals surface area contributed by atoms with Gasteiger partial charge in [-0.1, -0.05) is 0 Å². The zero-order valence-electron chi connectivity index (χ0n) is 9.29. The fourth-order valence-electron chi connectivity index (χ4n) is 0. The second-order valence-corrected chi connectivity index (χ2v) is 1.83. The first-order valence-corrected chi connectivity index (χ1v) is 3.32. The van der Waals surface area contributed by atoms with E-state index in [9.17, 15) is 0 Å². The van der Waals surface area contributed by atoms with Gasteiger partial charge in [0.15, 0.2) is 0 Å². The van der Waals surface area contributed by atoms with Crippen LogP contribution in [0.5, 0.6) is 0 Å². The average molecular weight is 552 g/mol. The van der Waals surface area contributed by atoms with Crippen LogP contribution >= 0.6 is 0 Å². The summed E-state index contributed by atoms with van der Waals surface area (Å²) >= 11 is 0. The minimum atomic E-state index is -1.82. The summed E-state index contributed by atoms with van der Waals surface area (Å²) < 4.78 is 0. The van der Waals surface area contributed by atoms with Crippen molar-refractivity contribution in [3.63, 3.8) is 0 Å². The first kappa shape index (κ1) is 31.8. The van der Waals surface area contributed by atoms with Gasteiger partial charge < -0.3 is 30.6 Å². The first-order chi connectivity index (χ1) is 7.93. The van der Waals surface area contributed by atoms with Crippen molar-refractivity contribution in [3.05, 3.63) is 0 Å². The monoisotopic (exact) mass is 552 g/mol. The molecule has 0 aromatic carbocycles. The van der Waals surface area contributed by atoms with Crippen molar-refractivity contribution in [2.24, 2.45) is 0 Å². The minimum Gasteiger partial charge on any atom is -0.473 e. The third kappa shape index (κ3) is 36.0. The van der Waals surface area contributed by atoms with Crippen LogP contribution in [-0.2, 0) is 28.8 Å². The fraction of sp³-hybridized carbons (Fsp3) is 0. The van der Waals surface area contributed by atoms with E-state index in [1.165, 1.54) is 0 Å². The third-order valence-electron chi connectivity index (χ3n) is 0.549. The van der Waals surface area contributed by atoms with Gasteiger partial charge in [0.05, 0.1) is 0 Å². The van der Waals surface area contributed by atoms with E-state index in [1.807, 2.05) is 0 Å². The summed E-state index contributed by atoms with van der Waals surface area (Å²) in [6.07, 6.45) is 0. The molecule has 108 valence electrons. The molecule has 0 aromatic rings. The average Bonchev–Trinajstić information content (AvgIpc) is 2.18. The van der Waals surface area contributed by atoms with E-state index in [0.717, 1.165) is 0 Å². The van der Waals surface area contributed by atoms with Gasteiger partial charge in [-0.3, -0.25) is 0 Å². The molecule has 14 heteroatoms. The predicted octanol–water partition coefficient (Wildman–Crippen LogP) is -2.53. The number of carboxylic acids is 6. The van der Waals surface area contributed by atoms with Gasteiger partial charge in [-0.15, -0.1) is 0 Å². The van der Waals surface area contributed by atoms with E-state index in [0.29, 0.717) is 0 Å². The molecule has 0 rings (SSSR count).